The number of halogens is 1. The first-order valence-electron chi connectivity index (χ1n) is 6.62. The summed E-state index contributed by atoms with van der Waals surface area (Å²) in [5.41, 5.74) is 1.23. The molecule has 2 fully saturated rings. The molecule has 0 bridgehead atoms. The van der Waals surface area contributed by atoms with Gasteiger partial charge in [0.25, 0.3) is 0 Å². The van der Waals surface area contributed by atoms with E-state index in [0.29, 0.717) is 0 Å². The lowest BCUT2D eigenvalue weighted by molar-refractivity contribution is -0.0161. The average Bonchev–Trinajstić information content (AvgIpc) is 2.71. The Bertz CT molecular complexity index is 421. The first-order chi connectivity index (χ1) is 9.26. The molecule has 1 aromatic rings. The van der Waals surface area contributed by atoms with E-state index in [0.717, 1.165) is 56.9 Å². The van der Waals surface area contributed by atoms with Crippen LogP contribution in [0.5, 0.6) is 0 Å². The van der Waals surface area contributed by atoms with Crippen LogP contribution in [0.15, 0.2) is 11.4 Å². The Morgan fingerprint density at radius 3 is 2.95 bits per heavy atom. The molecule has 19 heavy (non-hydrogen) atoms. The van der Waals surface area contributed by atoms with Gasteiger partial charge in [-0.1, -0.05) is 11.6 Å². The zero-order valence-corrected chi connectivity index (χ0v) is 12.4. The lowest BCUT2D eigenvalue weighted by Crippen LogP contribution is -2.61. The third kappa shape index (κ3) is 3.48. The maximum absolute atomic E-state index is 6.00. The summed E-state index contributed by atoms with van der Waals surface area (Å²) in [6.07, 6.45) is 0. The second-order valence-corrected chi connectivity index (χ2v) is 6.82. The number of morpholine rings is 1. The third-order valence-electron chi connectivity index (χ3n) is 3.61. The summed E-state index contributed by atoms with van der Waals surface area (Å²) < 4.78 is 12.2. The van der Waals surface area contributed by atoms with Crippen LogP contribution in [0.1, 0.15) is 5.56 Å². The number of hydrogen-bond donors (Lipinski definition) is 1. The molecule has 0 amide bonds. The zero-order valence-electron chi connectivity index (χ0n) is 10.9. The minimum atomic E-state index is -0.0471. The van der Waals surface area contributed by atoms with E-state index in [9.17, 15) is 0 Å². The maximum Gasteiger partial charge on any atom is 0.0931 e. The first kappa shape index (κ1) is 13.8. The topological polar surface area (TPSA) is 33.7 Å². The van der Waals surface area contributed by atoms with Crippen LogP contribution in [-0.4, -0.2) is 56.5 Å². The number of rotatable bonds is 2. The van der Waals surface area contributed by atoms with Crippen LogP contribution in [0, 0.1) is 0 Å². The highest BCUT2D eigenvalue weighted by molar-refractivity contribution is 7.14. The lowest BCUT2D eigenvalue weighted by atomic mass is 10.00. The molecule has 2 aliphatic heterocycles. The van der Waals surface area contributed by atoms with Crippen molar-refractivity contribution in [1.29, 1.82) is 0 Å². The molecular weight excluding hydrogens is 284 g/mol. The number of thiophene rings is 1. The van der Waals surface area contributed by atoms with Crippen LogP contribution in [0.25, 0.3) is 0 Å². The van der Waals surface area contributed by atoms with Gasteiger partial charge in [-0.15, -0.1) is 11.3 Å². The molecule has 106 valence electrons. The van der Waals surface area contributed by atoms with Gasteiger partial charge >= 0.3 is 0 Å². The van der Waals surface area contributed by atoms with E-state index in [4.69, 9.17) is 21.1 Å². The van der Waals surface area contributed by atoms with Crippen molar-refractivity contribution >= 4 is 22.9 Å². The van der Waals surface area contributed by atoms with Gasteiger partial charge < -0.3 is 14.8 Å². The number of nitrogens with zero attached hydrogens (tertiary/aromatic N) is 1. The van der Waals surface area contributed by atoms with E-state index < -0.39 is 0 Å². The van der Waals surface area contributed by atoms with Crippen molar-refractivity contribution < 1.29 is 9.47 Å². The fraction of sp³-hybridized carbons (Fsp3) is 0.692. The molecule has 0 saturated carbocycles. The van der Waals surface area contributed by atoms with E-state index >= 15 is 0 Å². The van der Waals surface area contributed by atoms with Gasteiger partial charge in [0.2, 0.25) is 0 Å². The largest absolute Gasteiger partial charge is 0.378 e. The van der Waals surface area contributed by atoms with Crippen molar-refractivity contribution in [3.8, 4) is 0 Å². The standard InChI is InChI=1S/C13H19ClN2O2S/c14-12-5-11(7-19-12)6-16-2-4-18-10-13(8-16)9-17-3-1-15-13/h5,7,15H,1-4,6,8-10H2. The molecule has 3 heterocycles. The van der Waals surface area contributed by atoms with Gasteiger partial charge in [-0.3, -0.25) is 4.90 Å². The Hall–Kier alpha value is -0.170. The van der Waals surface area contributed by atoms with Crippen LogP contribution in [-0.2, 0) is 16.0 Å². The van der Waals surface area contributed by atoms with Gasteiger partial charge in [0.05, 0.1) is 36.3 Å². The van der Waals surface area contributed by atoms with E-state index in [1.165, 1.54) is 5.56 Å². The monoisotopic (exact) mass is 302 g/mol. The van der Waals surface area contributed by atoms with Gasteiger partial charge in [-0.05, 0) is 17.0 Å². The summed E-state index contributed by atoms with van der Waals surface area (Å²) in [5.74, 6) is 0. The number of hydrogen-bond acceptors (Lipinski definition) is 5. The average molecular weight is 303 g/mol. The highest BCUT2D eigenvalue weighted by Gasteiger charge is 2.36. The molecular formula is C13H19ClN2O2S. The van der Waals surface area contributed by atoms with E-state index in [2.05, 4.69) is 21.7 Å². The molecule has 2 saturated heterocycles. The van der Waals surface area contributed by atoms with Crippen molar-refractivity contribution in [2.45, 2.75) is 12.1 Å². The van der Waals surface area contributed by atoms with Crippen molar-refractivity contribution in [1.82, 2.24) is 10.2 Å². The molecule has 4 nitrogen and oxygen atoms in total. The van der Waals surface area contributed by atoms with Gasteiger partial charge in [0, 0.05) is 26.2 Å². The Kier molecular flexibility index (Phi) is 4.41. The SMILES string of the molecule is Clc1cc(CN2CCOCC3(COCCN3)C2)cs1. The normalized spacial score (nSPS) is 29.5. The summed E-state index contributed by atoms with van der Waals surface area (Å²) in [7, 11) is 0. The minimum Gasteiger partial charge on any atom is -0.378 e. The summed E-state index contributed by atoms with van der Waals surface area (Å²) >= 11 is 7.59. The molecule has 1 aromatic heterocycles. The fourth-order valence-corrected chi connectivity index (χ4v) is 3.64. The van der Waals surface area contributed by atoms with E-state index in [1.807, 2.05) is 0 Å². The molecule has 0 aromatic carbocycles. The van der Waals surface area contributed by atoms with Gasteiger partial charge in [0.15, 0.2) is 0 Å². The van der Waals surface area contributed by atoms with Crippen molar-refractivity contribution in [3.63, 3.8) is 0 Å². The molecule has 1 N–H and O–H groups in total. The molecule has 1 atom stereocenters. The predicted octanol–water partition coefficient (Wildman–Crippen LogP) is 1.59. The quantitative estimate of drug-likeness (QED) is 0.900. The molecule has 1 unspecified atom stereocenters. The van der Waals surface area contributed by atoms with Crippen molar-refractivity contribution in [3.05, 3.63) is 21.3 Å². The van der Waals surface area contributed by atoms with Crippen LogP contribution >= 0.6 is 22.9 Å². The van der Waals surface area contributed by atoms with E-state index in [-0.39, 0.29) is 5.54 Å². The van der Waals surface area contributed by atoms with E-state index in [1.54, 1.807) is 11.3 Å². The number of ether oxygens (including phenoxy) is 2. The highest BCUT2D eigenvalue weighted by Crippen LogP contribution is 2.23. The maximum atomic E-state index is 6.00. The highest BCUT2D eigenvalue weighted by atomic mass is 35.5. The minimum absolute atomic E-state index is 0.0471. The summed E-state index contributed by atoms with van der Waals surface area (Å²) in [4.78, 5) is 2.42. The van der Waals surface area contributed by atoms with Gasteiger partial charge in [-0.25, -0.2) is 0 Å². The fourth-order valence-electron chi connectivity index (χ4n) is 2.74. The second-order valence-electron chi connectivity index (χ2n) is 5.28. The van der Waals surface area contributed by atoms with Gasteiger partial charge in [0.1, 0.15) is 0 Å². The number of nitrogens with one attached hydrogen (secondary N) is 1. The molecule has 0 radical (unpaired) electrons. The summed E-state index contributed by atoms with van der Waals surface area (Å²) in [6, 6.07) is 2.05. The Morgan fingerprint density at radius 1 is 1.37 bits per heavy atom. The molecule has 0 aliphatic carbocycles. The van der Waals surface area contributed by atoms with Crippen LogP contribution in [0.4, 0.5) is 0 Å². The van der Waals surface area contributed by atoms with Crippen LogP contribution in [0.3, 0.4) is 0 Å². The molecule has 6 heteroatoms. The Labute approximate surface area is 122 Å². The first-order valence-corrected chi connectivity index (χ1v) is 7.87. The van der Waals surface area contributed by atoms with Crippen LogP contribution in [0.2, 0.25) is 4.34 Å². The Balaban J connectivity index is 1.67. The summed E-state index contributed by atoms with van der Waals surface area (Å²) in [6.45, 7) is 6.78. The molecule has 1 spiro atoms. The van der Waals surface area contributed by atoms with Crippen LogP contribution < -0.4 is 5.32 Å². The van der Waals surface area contributed by atoms with Crippen molar-refractivity contribution in [2.75, 3.05) is 46.1 Å². The smallest absolute Gasteiger partial charge is 0.0931 e. The third-order valence-corrected chi connectivity index (χ3v) is 4.75. The van der Waals surface area contributed by atoms with Gasteiger partial charge in [-0.2, -0.15) is 0 Å². The second kappa shape index (κ2) is 6.08. The van der Waals surface area contributed by atoms with Crippen molar-refractivity contribution in [2.24, 2.45) is 0 Å². The zero-order chi connectivity index (χ0) is 13.1. The molecule has 3 rings (SSSR count). The molecule has 2 aliphatic rings. The Morgan fingerprint density at radius 2 is 2.21 bits per heavy atom. The predicted molar refractivity (Wildman–Crippen MR) is 77.0 cm³/mol. The lowest BCUT2D eigenvalue weighted by Gasteiger charge is -2.39. The summed E-state index contributed by atoms with van der Waals surface area (Å²) in [5, 5.41) is 5.71.